The molecule has 1 aromatic carbocycles. The highest BCUT2D eigenvalue weighted by Gasteiger charge is 2.24. The smallest absolute Gasteiger partial charge is 0.157 e. The summed E-state index contributed by atoms with van der Waals surface area (Å²) in [4.78, 5) is 7.53. The monoisotopic (exact) mass is 389 g/mol. The number of benzene rings is 1. The number of aryl methyl sites for hydroxylation is 1. The number of piperidine rings is 1. The fraction of sp³-hybridized carbons (Fsp3) is 0.333. The third-order valence-electron chi connectivity index (χ3n) is 4.52. The first-order valence-electron chi connectivity index (χ1n) is 8.60. The fourth-order valence-corrected chi connectivity index (χ4v) is 4.44. The van der Waals surface area contributed by atoms with E-state index >= 15 is 0 Å². The number of fused-ring (bicyclic) bond motifs is 1. The third-order valence-corrected chi connectivity index (χ3v) is 6.02. The van der Waals surface area contributed by atoms with Crippen LogP contribution in [0.5, 0.6) is 0 Å². The Morgan fingerprint density at radius 2 is 2.08 bits per heavy atom. The molecule has 1 N–H and O–H groups in total. The van der Waals surface area contributed by atoms with E-state index in [0.29, 0.717) is 5.02 Å². The molecule has 0 radical (unpaired) electrons. The molecule has 136 valence electrons. The molecular weight excluding hydrogens is 370 g/mol. The first-order chi connectivity index (χ1) is 12.6. The molecule has 1 aliphatic rings. The van der Waals surface area contributed by atoms with E-state index in [4.69, 9.17) is 11.6 Å². The summed E-state index contributed by atoms with van der Waals surface area (Å²) in [5, 5.41) is 5.04. The van der Waals surface area contributed by atoms with E-state index in [1.165, 1.54) is 0 Å². The zero-order valence-electron chi connectivity index (χ0n) is 14.4. The van der Waals surface area contributed by atoms with Gasteiger partial charge >= 0.3 is 0 Å². The summed E-state index contributed by atoms with van der Waals surface area (Å²) in [5.41, 5.74) is 1.81. The minimum atomic E-state index is -1.25. The predicted molar refractivity (Wildman–Crippen MR) is 104 cm³/mol. The van der Waals surface area contributed by atoms with Crippen molar-refractivity contribution in [3.8, 4) is 0 Å². The second-order valence-electron chi connectivity index (χ2n) is 6.48. The van der Waals surface area contributed by atoms with Gasteiger partial charge in [-0.05, 0) is 44.0 Å². The summed E-state index contributed by atoms with van der Waals surface area (Å²) >= 11 is 5.91. The van der Waals surface area contributed by atoms with Crippen molar-refractivity contribution in [1.82, 2.24) is 19.3 Å². The molecule has 6 nitrogen and oxygen atoms in total. The van der Waals surface area contributed by atoms with Crippen LogP contribution in [0.1, 0.15) is 18.5 Å². The number of hydrogen-bond acceptors (Lipinski definition) is 4. The van der Waals surface area contributed by atoms with Gasteiger partial charge in [0, 0.05) is 42.0 Å². The van der Waals surface area contributed by atoms with E-state index in [-0.39, 0.29) is 6.04 Å². The summed E-state index contributed by atoms with van der Waals surface area (Å²) in [6.45, 7) is 3.72. The van der Waals surface area contributed by atoms with Crippen LogP contribution in [0.25, 0.3) is 5.65 Å². The molecule has 2 atom stereocenters. The van der Waals surface area contributed by atoms with Gasteiger partial charge in [0.05, 0.1) is 11.1 Å². The van der Waals surface area contributed by atoms with E-state index in [1.54, 1.807) is 30.5 Å². The fourth-order valence-electron chi connectivity index (χ4n) is 3.30. The lowest BCUT2D eigenvalue weighted by atomic mass is 10.1. The molecule has 0 spiro atoms. The third kappa shape index (κ3) is 3.60. The SMILES string of the molecule is Cc1cc(N2CCC[C@@H](NS(=O)c3ccc(Cl)cc3)C2)n2nccc2n1. The molecule has 4 rings (SSSR count). The highest BCUT2D eigenvalue weighted by molar-refractivity contribution is 7.83. The van der Waals surface area contributed by atoms with Crippen LogP contribution in [-0.2, 0) is 11.0 Å². The van der Waals surface area contributed by atoms with Crippen molar-refractivity contribution in [2.24, 2.45) is 0 Å². The van der Waals surface area contributed by atoms with Crippen LogP contribution >= 0.6 is 11.6 Å². The number of halogens is 1. The topological polar surface area (TPSA) is 62.5 Å². The Balaban J connectivity index is 1.51. The zero-order chi connectivity index (χ0) is 18.1. The summed E-state index contributed by atoms with van der Waals surface area (Å²) < 4.78 is 17.7. The first kappa shape index (κ1) is 17.5. The van der Waals surface area contributed by atoms with Crippen LogP contribution in [0, 0.1) is 6.92 Å². The van der Waals surface area contributed by atoms with Gasteiger partial charge in [0.2, 0.25) is 0 Å². The zero-order valence-corrected chi connectivity index (χ0v) is 16.0. The number of rotatable bonds is 4. The Labute approximate surface area is 159 Å². The van der Waals surface area contributed by atoms with Crippen LogP contribution in [0.15, 0.2) is 47.5 Å². The van der Waals surface area contributed by atoms with Gasteiger partial charge in [-0.15, -0.1) is 0 Å². The van der Waals surface area contributed by atoms with E-state index in [2.05, 4.69) is 25.8 Å². The van der Waals surface area contributed by atoms with Crippen LogP contribution in [-0.4, -0.2) is 37.9 Å². The summed E-state index contributed by atoms with van der Waals surface area (Å²) in [7, 11) is -1.25. The molecule has 8 heteroatoms. The Bertz CT molecular complexity index is 942. The normalized spacial score (nSPS) is 19.0. The van der Waals surface area contributed by atoms with Gasteiger partial charge in [0.25, 0.3) is 0 Å². The number of nitrogens with one attached hydrogen (secondary N) is 1. The van der Waals surface area contributed by atoms with Gasteiger partial charge in [-0.1, -0.05) is 11.6 Å². The molecule has 0 aliphatic carbocycles. The molecular formula is C18H20ClN5OS. The minimum Gasteiger partial charge on any atom is -0.355 e. The maximum Gasteiger partial charge on any atom is 0.157 e. The van der Waals surface area contributed by atoms with Gasteiger partial charge < -0.3 is 4.90 Å². The molecule has 1 unspecified atom stereocenters. The van der Waals surface area contributed by atoms with Crippen molar-refractivity contribution >= 4 is 34.1 Å². The Morgan fingerprint density at radius 3 is 2.88 bits per heavy atom. The van der Waals surface area contributed by atoms with Crippen molar-refractivity contribution < 1.29 is 4.21 Å². The van der Waals surface area contributed by atoms with E-state index in [0.717, 1.165) is 48.0 Å². The van der Waals surface area contributed by atoms with Gasteiger partial charge in [0.1, 0.15) is 16.8 Å². The van der Waals surface area contributed by atoms with Crippen LogP contribution in [0.4, 0.5) is 5.82 Å². The number of aromatic nitrogens is 3. The van der Waals surface area contributed by atoms with Crippen LogP contribution < -0.4 is 9.62 Å². The number of anilines is 1. The van der Waals surface area contributed by atoms with E-state index in [1.807, 2.05) is 17.5 Å². The minimum absolute atomic E-state index is 0.138. The van der Waals surface area contributed by atoms with Gasteiger partial charge in [-0.2, -0.15) is 9.61 Å². The first-order valence-corrected chi connectivity index (χ1v) is 10.1. The van der Waals surface area contributed by atoms with Crippen molar-refractivity contribution in [3.05, 3.63) is 53.3 Å². The van der Waals surface area contributed by atoms with Gasteiger partial charge in [-0.3, -0.25) is 0 Å². The summed E-state index contributed by atoms with van der Waals surface area (Å²) in [6.07, 6.45) is 3.78. The molecule has 0 amide bonds. The van der Waals surface area contributed by atoms with Crippen molar-refractivity contribution in [3.63, 3.8) is 0 Å². The molecule has 3 heterocycles. The van der Waals surface area contributed by atoms with Crippen LogP contribution in [0.2, 0.25) is 5.02 Å². The molecule has 2 aromatic heterocycles. The number of hydrogen-bond donors (Lipinski definition) is 1. The largest absolute Gasteiger partial charge is 0.355 e. The maximum absolute atomic E-state index is 12.6. The van der Waals surface area contributed by atoms with Crippen molar-refractivity contribution in [2.75, 3.05) is 18.0 Å². The molecule has 1 saturated heterocycles. The lowest BCUT2D eigenvalue weighted by Gasteiger charge is -2.34. The van der Waals surface area contributed by atoms with Crippen molar-refractivity contribution in [1.29, 1.82) is 0 Å². The van der Waals surface area contributed by atoms with Gasteiger partial charge in [0.15, 0.2) is 5.65 Å². The van der Waals surface area contributed by atoms with Crippen molar-refractivity contribution in [2.45, 2.75) is 30.7 Å². The van der Waals surface area contributed by atoms with Crippen LogP contribution in [0.3, 0.4) is 0 Å². The second kappa shape index (κ2) is 7.34. The molecule has 1 aliphatic heterocycles. The Hall–Kier alpha value is -1.96. The molecule has 0 bridgehead atoms. The van der Waals surface area contributed by atoms with Gasteiger partial charge in [-0.25, -0.2) is 13.9 Å². The lowest BCUT2D eigenvalue weighted by Crippen LogP contribution is -2.46. The summed E-state index contributed by atoms with van der Waals surface area (Å²) in [6, 6.07) is 11.2. The molecule has 1 fully saturated rings. The van der Waals surface area contributed by atoms with E-state index < -0.39 is 11.0 Å². The summed E-state index contributed by atoms with van der Waals surface area (Å²) in [5.74, 6) is 1.03. The molecule has 3 aromatic rings. The maximum atomic E-state index is 12.6. The number of nitrogens with zero attached hydrogens (tertiary/aromatic N) is 4. The average Bonchev–Trinajstić information content (AvgIpc) is 3.10. The standard InChI is InChI=1S/C18H20ClN5OS/c1-13-11-18(24-17(21-13)8-9-20-24)23-10-2-3-15(12-23)22-26(25)16-6-4-14(19)5-7-16/h4-9,11,15,22H,2-3,10,12H2,1H3/t15-,26?/m1/s1. The lowest BCUT2D eigenvalue weighted by molar-refractivity contribution is 0.473. The Morgan fingerprint density at radius 1 is 1.27 bits per heavy atom. The second-order valence-corrected chi connectivity index (χ2v) is 8.16. The quantitative estimate of drug-likeness (QED) is 0.745. The Kier molecular flexibility index (Phi) is 4.93. The highest BCUT2D eigenvalue weighted by atomic mass is 35.5. The predicted octanol–water partition coefficient (Wildman–Crippen LogP) is 2.97. The molecule has 0 saturated carbocycles. The molecule has 26 heavy (non-hydrogen) atoms. The highest BCUT2D eigenvalue weighted by Crippen LogP contribution is 2.22. The average molecular weight is 390 g/mol. The van der Waals surface area contributed by atoms with E-state index in [9.17, 15) is 4.21 Å².